The van der Waals surface area contributed by atoms with Crippen molar-refractivity contribution in [3.63, 3.8) is 0 Å². The van der Waals surface area contributed by atoms with E-state index in [-0.39, 0.29) is 30.3 Å². The molecule has 4 atom stereocenters. The molecule has 0 bridgehead atoms. The predicted molar refractivity (Wildman–Crippen MR) is 118 cm³/mol. The Morgan fingerprint density at radius 2 is 1.94 bits per heavy atom. The molecular weight excluding hydrogens is 417 g/mol. The van der Waals surface area contributed by atoms with Gasteiger partial charge in [0.1, 0.15) is 5.82 Å². The summed E-state index contributed by atoms with van der Waals surface area (Å²) in [7, 11) is 0. The lowest BCUT2D eigenvalue weighted by Gasteiger charge is -2.25. The summed E-state index contributed by atoms with van der Waals surface area (Å²) in [4.78, 5) is 8.79. The first kappa shape index (κ1) is 21.8. The average molecular weight is 442 g/mol. The van der Waals surface area contributed by atoms with Crippen molar-refractivity contribution < 1.29 is 14.6 Å². The van der Waals surface area contributed by atoms with Gasteiger partial charge >= 0.3 is 0 Å². The highest BCUT2D eigenvalue weighted by Gasteiger charge is 2.42. The highest BCUT2D eigenvalue weighted by Crippen LogP contribution is 2.35. The quantitative estimate of drug-likeness (QED) is 0.522. The molecule has 0 saturated heterocycles. The van der Waals surface area contributed by atoms with Crippen LogP contribution in [0, 0.1) is 17.7 Å². The Morgan fingerprint density at radius 3 is 2.71 bits per heavy atom. The molecule has 1 heterocycles. The zero-order valence-electron chi connectivity index (χ0n) is 17.0. The highest BCUT2D eigenvalue weighted by atomic mass is 35.5. The Kier molecular flexibility index (Phi) is 6.92. The summed E-state index contributed by atoms with van der Waals surface area (Å²) in [6.45, 7) is 0.503. The summed E-state index contributed by atoms with van der Waals surface area (Å²) in [5.74, 6) is -0.324. The van der Waals surface area contributed by atoms with Crippen LogP contribution in [-0.2, 0) is 13.0 Å². The smallest absolute Gasteiger partial charge is 0.162 e. The first-order valence-electron chi connectivity index (χ1n) is 10.4. The summed E-state index contributed by atoms with van der Waals surface area (Å²) < 4.78 is 14.2. The van der Waals surface area contributed by atoms with Crippen LogP contribution in [0.15, 0.2) is 60.8 Å². The number of hydrogen-bond donors (Lipinski definition) is 3. The molecular formula is C24H25ClFN3O2. The van der Waals surface area contributed by atoms with E-state index in [9.17, 15) is 14.6 Å². The van der Waals surface area contributed by atoms with Gasteiger partial charge in [0, 0.05) is 42.0 Å². The van der Waals surface area contributed by atoms with Gasteiger partial charge in [0.05, 0.1) is 11.7 Å². The molecule has 0 amide bonds. The van der Waals surface area contributed by atoms with Crippen LogP contribution in [0.1, 0.15) is 17.7 Å². The second kappa shape index (κ2) is 9.83. The van der Waals surface area contributed by atoms with Gasteiger partial charge in [-0.2, -0.15) is 0 Å². The molecule has 0 radical (unpaired) electrons. The minimum Gasteiger partial charge on any atom is -0.396 e. The molecule has 3 aromatic rings. The highest BCUT2D eigenvalue weighted by molar-refractivity contribution is 6.30. The minimum atomic E-state index is -0.597. The fraction of sp³-hybridized carbons (Fsp3) is 0.333. The van der Waals surface area contributed by atoms with E-state index in [0.29, 0.717) is 35.8 Å². The number of hydrogen-bond acceptors (Lipinski definition) is 5. The maximum atomic E-state index is 14.2. The lowest BCUT2D eigenvalue weighted by Crippen LogP contribution is -2.36. The van der Waals surface area contributed by atoms with Crippen LogP contribution < -0.4 is 5.32 Å². The molecule has 2 aromatic carbocycles. The van der Waals surface area contributed by atoms with E-state index < -0.39 is 6.10 Å². The van der Waals surface area contributed by atoms with Crippen molar-refractivity contribution in [3.8, 4) is 11.4 Å². The van der Waals surface area contributed by atoms with Gasteiger partial charge in [0.2, 0.25) is 0 Å². The second-order valence-electron chi connectivity index (χ2n) is 7.99. The monoisotopic (exact) mass is 441 g/mol. The van der Waals surface area contributed by atoms with Crippen molar-refractivity contribution in [3.05, 3.63) is 82.9 Å². The molecule has 1 saturated carbocycles. The SMILES string of the molecule is OCC1C(O)CC(NCc2cccc(Cl)c2)C1Cc1ccnc(-c2ccccc2F)n1. The number of nitrogens with one attached hydrogen (secondary N) is 1. The van der Waals surface area contributed by atoms with Crippen LogP contribution >= 0.6 is 11.6 Å². The van der Waals surface area contributed by atoms with Crippen LogP contribution in [0.4, 0.5) is 4.39 Å². The number of rotatable bonds is 7. The Morgan fingerprint density at radius 1 is 1.10 bits per heavy atom. The van der Waals surface area contributed by atoms with Crippen LogP contribution in [-0.4, -0.2) is 38.9 Å². The van der Waals surface area contributed by atoms with Gasteiger partial charge in [-0.05, 0) is 54.7 Å². The molecule has 5 nitrogen and oxygen atoms in total. The Bertz CT molecular complexity index is 1030. The van der Waals surface area contributed by atoms with Gasteiger partial charge in [0.15, 0.2) is 5.82 Å². The summed E-state index contributed by atoms with van der Waals surface area (Å²) in [5, 5.41) is 24.6. The van der Waals surface area contributed by atoms with E-state index in [1.54, 1.807) is 30.5 Å². The first-order valence-corrected chi connectivity index (χ1v) is 10.8. The Balaban J connectivity index is 1.53. The van der Waals surface area contributed by atoms with Gasteiger partial charge in [-0.15, -0.1) is 0 Å². The molecule has 4 rings (SSSR count). The number of nitrogens with zero attached hydrogens (tertiary/aromatic N) is 2. The van der Waals surface area contributed by atoms with Gasteiger partial charge in [-0.1, -0.05) is 35.9 Å². The Labute approximate surface area is 186 Å². The van der Waals surface area contributed by atoms with Crippen molar-refractivity contribution >= 4 is 11.6 Å². The Hall–Kier alpha value is -2.38. The van der Waals surface area contributed by atoms with Gasteiger partial charge in [-0.3, -0.25) is 0 Å². The largest absolute Gasteiger partial charge is 0.396 e. The third-order valence-corrected chi connectivity index (χ3v) is 6.23. The lowest BCUT2D eigenvalue weighted by molar-refractivity contribution is 0.0716. The molecule has 1 aliphatic rings. The number of benzene rings is 2. The van der Waals surface area contributed by atoms with Gasteiger partial charge < -0.3 is 15.5 Å². The summed E-state index contributed by atoms with van der Waals surface area (Å²) in [5.41, 5.74) is 2.16. The molecule has 7 heteroatoms. The number of aliphatic hydroxyl groups is 2. The van der Waals surface area contributed by atoms with E-state index in [4.69, 9.17) is 11.6 Å². The van der Waals surface area contributed by atoms with E-state index in [1.807, 2.05) is 24.3 Å². The molecule has 3 N–H and O–H groups in total. The maximum absolute atomic E-state index is 14.2. The van der Waals surface area contributed by atoms with E-state index in [2.05, 4.69) is 15.3 Å². The van der Waals surface area contributed by atoms with Gasteiger partial charge in [0.25, 0.3) is 0 Å². The fourth-order valence-corrected chi connectivity index (χ4v) is 4.61. The van der Waals surface area contributed by atoms with Crippen molar-refractivity contribution in [2.75, 3.05) is 6.61 Å². The third kappa shape index (κ3) is 5.10. The normalized spacial score (nSPS) is 23.2. The molecule has 4 unspecified atom stereocenters. The molecule has 1 aliphatic carbocycles. The predicted octanol–water partition coefficient (Wildman–Crippen LogP) is 3.63. The molecule has 162 valence electrons. The lowest BCUT2D eigenvalue weighted by atomic mass is 9.88. The van der Waals surface area contributed by atoms with Crippen LogP contribution in [0.2, 0.25) is 5.02 Å². The molecule has 31 heavy (non-hydrogen) atoms. The van der Waals surface area contributed by atoms with Crippen molar-refractivity contribution in [1.82, 2.24) is 15.3 Å². The zero-order valence-corrected chi connectivity index (χ0v) is 17.7. The first-order chi connectivity index (χ1) is 15.0. The maximum Gasteiger partial charge on any atom is 0.162 e. The van der Waals surface area contributed by atoms with Gasteiger partial charge in [-0.25, -0.2) is 14.4 Å². The second-order valence-corrected chi connectivity index (χ2v) is 8.42. The van der Waals surface area contributed by atoms with E-state index >= 15 is 0 Å². The number of aliphatic hydroxyl groups excluding tert-OH is 2. The summed E-state index contributed by atoms with van der Waals surface area (Å²) in [6, 6.07) is 15.9. The topological polar surface area (TPSA) is 78.3 Å². The number of aromatic nitrogens is 2. The zero-order chi connectivity index (χ0) is 21.8. The molecule has 1 aromatic heterocycles. The summed E-state index contributed by atoms with van der Waals surface area (Å²) in [6.07, 6.45) is 2.11. The summed E-state index contributed by atoms with van der Waals surface area (Å²) >= 11 is 6.08. The molecule has 0 spiro atoms. The van der Waals surface area contributed by atoms with Crippen LogP contribution in [0.5, 0.6) is 0 Å². The van der Waals surface area contributed by atoms with Crippen LogP contribution in [0.3, 0.4) is 0 Å². The fourth-order valence-electron chi connectivity index (χ4n) is 4.40. The van der Waals surface area contributed by atoms with Crippen molar-refractivity contribution in [2.45, 2.75) is 31.5 Å². The molecule has 1 fully saturated rings. The van der Waals surface area contributed by atoms with Crippen molar-refractivity contribution in [1.29, 1.82) is 0 Å². The third-order valence-electron chi connectivity index (χ3n) is 6.00. The minimum absolute atomic E-state index is 0.00184. The standard InChI is InChI=1S/C24H25ClFN3O2/c25-16-5-3-4-15(10-16)13-28-22-12-23(31)20(14-30)19(22)11-17-8-9-27-24(29-17)18-6-1-2-7-21(18)26/h1-10,19-20,22-23,28,30-31H,11-14H2. The van der Waals surface area contributed by atoms with E-state index in [1.165, 1.54) is 6.07 Å². The molecule has 0 aliphatic heterocycles. The number of halogens is 2. The van der Waals surface area contributed by atoms with Crippen LogP contribution in [0.25, 0.3) is 11.4 Å². The average Bonchev–Trinajstić information content (AvgIpc) is 3.07. The van der Waals surface area contributed by atoms with E-state index in [0.717, 1.165) is 11.3 Å². The van der Waals surface area contributed by atoms with Crippen molar-refractivity contribution in [2.24, 2.45) is 11.8 Å².